The summed E-state index contributed by atoms with van der Waals surface area (Å²) < 4.78 is 5.75. The fourth-order valence-corrected chi connectivity index (χ4v) is 2.44. The molecule has 20 heavy (non-hydrogen) atoms. The second-order valence-corrected chi connectivity index (χ2v) is 5.33. The van der Waals surface area contributed by atoms with Gasteiger partial charge in [0.1, 0.15) is 5.75 Å². The second-order valence-electron chi connectivity index (χ2n) is 5.33. The van der Waals surface area contributed by atoms with Crippen molar-refractivity contribution in [3.8, 4) is 5.75 Å². The van der Waals surface area contributed by atoms with Crippen LogP contribution >= 0.6 is 12.4 Å². The Hall–Kier alpha value is -1.25. The van der Waals surface area contributed by atoms with E-state index >= 15 is 0 Å². The molecular weight excluding hydrogens is 270 g/mol. The van der Waals surface area contributed by atoms with Gasteiger partial charge in [0.2, 0.25) is 0 Å². The van der Waals surface area contributed by atoms with Gasteiger partial charge in [-0.2, -0.15) is 0 Å². The van der Waals surface area contributed by atoms with Crippen molar-refractivity contribution in [3.63, 3.8) is 0 Å². The molecule has 1 saturated heterocycles. The number of benzene rings is 2. The van der Waals surface area contributed by atoms with Gasteiger partial charge in [-0.15, -0.1) is 12.4 Å². The summed E-state index contributed by atoms with van der Waals surface area (Å²) >= 11 is 0. The maximum atomic E-state index is 5.75. The van der Waals surface area contributed by atoms with Crippen molar-refractivity contribution in [3.05, 3.63) is 42.0 Å². The smallest absolute Gasteiger partial charge is 0.119 e. The van der Waals surface area contributed by atoms with Gasteiger partial charge >= 0.3 is 0 Å². The second kappa shape index (κ2) is 6.96. The van der Waals surface area contributed by atoms with Crippen molar-refractivity contribution in [1.29, 1.82) is 0 Å². The van der Waals surface area contributed by atoms with E-state index in [1.807, 2.05) is 0 Å². The van der Waals surface area contributed by atoms with Crippen LogP contribution in [-0.2, 0) is 0 Å². The first-order chi connectivity index (χ1) is 9.36. The summed E-state index contributed by atoms with van der Waals surface area (Å²) in [5.74, 6) is 1.68. The van der Waals surface area contributed by atoms with Gasteiger partial charge in [0.25, 0.3) is 0 Å². The van der Waals surface area contributed by atoms with Crippen LogP contribution in [0.5, 0.6) is 5.75 Å². The fraction of sp³-hybridized carbons (Fsp3) is 0.412. The molecule has 2 aromatic carbocycles. The van der Waals surface area contributed by atoms with Crippen LogP contribution in [-0.4, -0.2) is 19.7 Å². The molecule has 0 saturated carbocycles. The number of hydrogen-bond donors (Lipinski definition) is 1. The molecule has 0 aromatic heterocycles. The summed E-state index contributed by atoms with van der Waals surface area (Å²) in [5.41, 5.74) is 1.45. The Kier molecular flexibility index (Phi) is 5.27. The standard InChI is InChI=1S/C17H21NO.ClH/c1-2-3-8-19-17-7-6-13-9-14(16-11-18-12-16)4-5-15(13)10-17;/h4-7,9-10,16,18H,2-3,8,11-12H2,1H3;1H. The van der Waals surface area contributed by atoms with E-state index in [9.17, 15) is 0 Å². The van der Waals surface area contributed by atoms with E-state index in [1.54, 1.807) is 0 Å². The molecule has 0 aliphatic carbocycles. The zero-order valence-corrected chi connectivity index (χ0v) is 12.7. The lowest BCUT2D eigenvalue weighted by atomic mass is 9.92. The van der Waals surface area contributed by atoms with Gasteiger partial charge in [-0.05, 0) is 34.9 Å². The van der Waals surface area contributed by atoms with Crippen LogP contribution in [0.3, 0.4) is 0 Å². The van der Waals surface area contributed by atoms with E-state index in [-0.39, 0.29) is 12.4 Å². The van der Waals surface area contributed by atoms with Crippen molar-refractivity contribution in [2.75, 3.05) is 19.7 Å². The zero-order chi connectivity index (χ0) is 13.1. The minimum atomic E-state index is 0. The highest BCUT2D eigenvalue weighted by atomic mass is 35.5. The highest BCUT2D eigenvalue weighted by Crippen LogP contribution is 2.26. The lowest BCUT2D eigenvalue weighted by Crippen LogP contribution is -2.39. The molecule has 0 amide bonds. The summed E-state index contributed by atoms with van der Waals surface area (Å²) in [4.78, 5) is 0. The molecule has 3 rings (SSSR count). The van der Waals surface area contributed by atoms with E-state index in [2.05, 4.69) is 48.6 Å². The third-order valence-corrected chi connectivity index (χ3v) is 3.86. The molecule has 108 valence electrons. The van der Waals surface area contributed by atoms with E-state index < -0.39 is 0 Å². The average molecular weight is 292 g/mol. The van der Waals surface area contributed by atoms with Crippen molar-refractivity contribution in [2.24, 2.45) is 0 Å². The van der Waals surface area contributed by atoms with E-state index in [0.717, 1.165) is 31.9 Å². The van der Waals surface area contributed by atoms with Crippen LogP contribution < -0.4 is 10.1 Å². The third kappa shape index (κ3) is 3.25. The predicted octanol–water partition coefficient (Wildman–Crippen LogP) is 4.13. The Morgan fingerprint density at radius 3 is 2.55 bits per heavy atom. The molecule has 0 unspecified atom stereocenters. The number of nitrogens with one attached hydrogen (secondary N) is 1. The Morgan fingerprint density at radius 1 is 1.10 bits per heavy atom. The molecule has 1 heterocycles. The molecule has 0 bridgehead atoms. The summed E-state index contributed by atoms with van der Waals surface area (Å²) in [7, 11) is 0. The Bertz CT molecular complexity index is 566. The molecule has 0 spiro atoms. The fourth-order valence-electron chi connectivity index (χ4n) is 2.44. The van der Waals surface area contributed by atoms with Gasteiger partial charge in [-0.3, -0.25) is 0 Å². The van der Waals surface area contributed by atoms with Crippen LogP contribution in [0.4, 0.5) is 0 Å². The normalized spacial score (nSPS) is 14.7. The summed E-state index contributed by atoms with van der Waals surface area (Å²) in [5, 5.41) is 5.91. The summed E-state index contributed by atoms with van der Waals surface area (Å²) in [6.45, 7) is 5.22. The van der Waals surface area contributed by atoms with Gasteiger partial charge in [0, 0.05) is 19.0 Å². The SMILES string of the molecule is CCCCOc1ccc2cc(C3CNC3)ccc2c1.Cl. The molecule has 1 fully saturated rings. The average Bonchev–Trinajstić information content (AvgIpc) is 2.37. The molecule has 1 N–H and O–H groups in total. The minimum absolute atomic E-state index is 0. The summed E-state index contributed by atoms with van der Waals surface area (Å²) in [6, 6.07) is 13.2. The number of fused-ring (bicyclic) bond motifs is 1. The van der Waals surface area contributed by atoms with Crippen LogP contribution in [0.2, 0.25) is 0 Å². The number of hydrogen-bond acceptors (Lipinski definition) is 2. The molecule has 2 nitrogen and oxygen atoms in total. The highest BCUT2D eigenvalue weighted by molar-refractivity contribution is 5.85. The van der Waals surface area contributed by atoms with Crippen molar-refractivity contribution in [2.45, 2.75) is 25.7 Å². The molecule has 0 atom stereocenters. The lowest BCUT2D eigenvalue weighted by molar-refractivity contribution is 0.310. The zero-order valence-electron chi connectivity index (χ0n) is 11.9. The van der Waals surface area contributed by atoms with E-state index in [0.29, 0.717) is 5.92 Å². The monoisotopic (exact) mass is 291 g/mol. The molecule has 3 heteroatoms. The van der Waals surface area contributed by atoms with Gasteiger partial charge < -0.3 is 10.1 Å². The van der Waals surface area contributed by atoms with E-state index in [4.69, 9.17) is 4.74 Å². The Morgan fingerprint density at radius 2 is 1.85 bits per heavy atom. The van der Waals surface area contributed by atoms with Crippen molar-refractivity contribution in [1.82, 2.24) is 5.32 Å². The first-order valence-corrected chi connectivity index (χ1v) is 7.24. The maximum absolute atomic E-state index is 5.75. The van der Waals surface area contributed by atoms with Crippen LogP contribution in [0.15, 0.2) is 36.4 Å². The van der Waals surface area contributed by atoms with Gasteiger partial charge in [-0.25, -0.2) is 0 Å². The highest BCUT2D eigenvalue weighted by Gasteiger charge is 2.18. The third-order valence-electron chi connectivity index (χ3n) is 3.86. The first-order valence-electron chi connectivity index (χ1n) is 7.24. The molecule has 1 aliphatic rings. The first kappa shape index (κ1) is 15.1. The topological polar surface area (TPSA) is 21.3 Å². The maximum Gasteiger partial charge on any atom is 0.119 e. The Labute approximate surface area is 126 Å². The lowest BCUT2D eigenvalue weighted by Gasteiger charge is -2.27. The number of ether oxygens (including phenoxy) is 1. The van der Waals surface area contributed by atoms with Gasteiger partial charge in [0.05, 0.1) is 6.61 Å². The summed E-state index contributed by atoms with van der Waals surface area (Å²) in [6.07, 6.45) is 2.29. The number of rotatable bonds is 5. The molecule has 1 aliphatic heterocycles. The number of unbranched alkanes of at least 4 members (excludes halogenated alkanes) is 1. The number of halogens is 1. The molecular formula is C17H22ClNO. The van der Waals surface area contributed by atoms with Crippen LogP contribution in [0, 0.1) is 0 Å². The van der Waals surface area contributed by atoms with Crippen molar-refractivity contribution >= 4 is 23.2 Å². The van der Waals surface area contributed by atoms with Crippen molar-refractivity contribution < 1.29 is 4.74 Å². The van der Waals surface area contributed by atoms with Crippen LogP contribution in [0.25, 0.3) is 10.8 Å². The quantitative estimate of drug-likeness (QED) is 0.837. The largest absolute Gasteiger partial charge is 0.494 e. The van der Waals surface area contributed by atoms with Crippen LogP contribution in [0.1, 0.15) is 31.2 Å². The van der Waals surface area contributed by atoms with Gasteiger partial charge in [-0.1, -0.05) is 37.6 Å². The van der Waals surface area contributed by atoms with Gasteiger partial charge in [0.15, 0.2) is 0 Å². The molecule has 2 aromatic rings. The van der Waals surface area contributed by atoms with E-state index in [1.165, 1.54) is 22.8 Å². The predicted molar refractivity (Wildman–Crippen MR) is 87.2 cm³/mol. The molecule has 0 radical (unpaired) electrons. The minimum Gasteiger partial charge on any atom is -0.494 e. The Balaban J connectivity index is 0.00000147.